The fraction of sp³-hybridized carbons (Fsp3) is 0.308. The molecular formula is C13H17N3S. The highest BCUT2D eigenvalue weighted by Crippen LogP contribution is 2.18. The van der Waals surface area contributed by atoms with Gasteiger partial charge in [-0.25, -0.2) is 4.98 Å². The molecule has 1 atom stereocenters. The first-order chi connectivity index (χ1) is 8.29. The summed E-state index contributed by atoms with van der Waals surface area (Å²) in [4.78, 5) is 8.38. The largest absolute Gasteiger partial charge is 0.347 e. The number of hydrogen-bond donors (Lipinski definition) is 2. The van der Waals surface area contributed by atoms with Crippen molar-refractivity contribution in [3.63, 3.8) is 0 Å². The summed E-state index contributed by atoms with van der Waals surface area (Å²) >= 11 is 1.77. The van der Waals surface area contributed by atoms with Crippen molar-refractivity contribution >= 4 is 11.8 Å². The fourth-order valence-electron chi connectivity index (χ4n) is 1.65. The van der Waals surface area contributed by atoms with Gasteiger partial charge in [0.1, 0.15) is 0 Å². The van der Waals surface area contributed by atoms with Crippen molar-refractivity contribution in [3.8, 4) is 0 Å². The van der Waals surface area contributed by atoms with Crippen molar-refractivity contribution in [1.29, 1.82) is 0 Å². The fourth-order valence-corrected chi connectivity index (χ4v) is 2.06. The van der Waals surface area contributed by atoms with E-state index in [0.717, 1.165) is 12.2 Å². The lowest BCUT2D eigenvalue weighted by Crippen LogP contribution is -2.18. The Morgan fingerprint density at radius 2 is 2.12 bits per heavy atom. The highest BCUT2D eigenvalue weighted by atomic mass is 32.2. The number of nitrogens with one attached hydrogen (secondary N) is 2. The van der Waals surface area contributed by atoms with E-state index in [1.165, 1.54) is 10.5 Å². The summed E-state index contributed by atoms with van der Waals surface area (Å²) < 4.78 is 0. The summed E-state index contributed by atoms with van der Waals surface area (Å²) in [7, 11) is 0. The Bertz CT molecular complexity index is 436. The van der Waals surface area contributed by atoms with Crippen molar-refractivity contribution in [1.82, 2.24) is 15.3 Å². The Balaban J connectivity index is 1.92. The van der Waals surface area contributed by atoms with Crippen molar-refractivity contribution in [2.24, 2.45) is 0 Å². The van der Waals surface area contributed by atoms with Gasteiger partial charge in [0, 0.05) is 29.4 Å². The highest BCUT2D eigenvalue weighted by molar-refractivity contribution is 7.98. The molecule has 0 radical (unpaired) electrons. The van der Waals surface area contributed by atoms with Crippen molar-refractivity contribution in [2.75, 3.05) is 6.26 Å². The SMILES string of the molecule is CSc1ccc(C(C)NCc2cnc[nH]2)cc1. The van der Waals surface area contributed by atoms with Crippen LogP contribution in [0.25, 0.3) is 0 Å². The van der Waals surface area contributed by atoms with Gasteiger partial charge in [-0.15, -0.1) is 11.8 Å². The van der Waals surface area contributed by atoms with Crippen LogP contribution in [-0.4, -0.2) is 16.2 Å². The zero-order valence-corrected chi connectivity index (χ0v) is 10.9. The number of H-pyrrole nitrogens is 1. The maximum atomic E-state index is 4.00. The first kappa shape index (κ1) is 12.2. The van der Waals surface area contributed by atoms with Gasteiger partial charge < -0.3 is 10.3 Å². The average Bonchev–Trinajstić information content (AvgIpc) is 2.89. The number of aromatic amines is 1. The summed E-state index contributed by atoms with van der Waals surface area (Å²) in [6.45, 7) is 2.98. The van der Waals surface area contributed by atoms with Gasteiger partial charge in [-0.2, -0.15) is 0 Å². The number of benzene rings is 1. The van der Waals surface area contributed by atoms with Crippen LogP contribution >= 0.6 is 11.8 Å². The van der Waals surface area contributed by atoms with Gasteiger partial charge in [0.15, 0.2) is 0 Å². The summed E-state index contributed by atoms with van der Waals surface area (Å²) in [5.74, 6) is 0. The summed E-state index contributed by atoms with van der Waals surface area (Å²) in [5, 5.41) is 3.46. The van der Waals surface area contributed by atoms with E-state index in [2.05, 4.69) is 52.7 Å². The Labute approximate surface area is 106 Å². The molecule has 1 aromatic carbocycles. The Kier molecular flexibility index (Phi) is 4.23. The normalized spacial score (nSPS) is 12.6. The molecule has 3 nitrogen and oxygen atoms in total. The van der Waals surface area contributed by atoms with Gasteiger partial charge in [0.05, 0.1) is 6.33 Å². The molecule has 0 saturated carbocycles. The maximum absolute atomic E-state index is 4.00. The van der Waals surface area contributed by atoms with Gasteiger partial charge >= 0.3 is 0 Å². The van der Waals surface area contributed by atoms with E-state index in [0.29, 0.717) is 6.04 Å². The molecule has 0 aliphatic rings. The minimum atomic E-state index is 0.342. The van der Waals surface area contributed by atoms with Crippen LogP contribution < -0.4 is 5.32 Å². The van der Waals surface area contributed by atoms with Crippen LogP contribution in [0.3, 0.4) is 0 Å². The first-order valence-electron chi connectivity index (χ1n) is 5.64. The molecule has 2 rings (SSSR count). The van der Waals surface area contributed by atoms with Crippen LogP contribution in [0.5, 0.6) is 0 Å². The molecule has 0 spiro atoms. The molecule has 1 unspecified atom stereocenters. The number of imidazole rings is 1. The molecular weight excluding hydrogens is 230 g/mol. The van der Waals surface area contributed by atoms with Crippen LogP contribution in [0.2, 0.25) is 0 Å². The molecule has 4 heteroatoms. The lowest BCUT2D eigenvalue weighted by Gasteiger charge is -2.13. The molecule has 0 saturated heterocycles. The molecule has 17 heavy (non-hydrogen) atoms. The summed E-state index contributed by atoms with van der Waals surface area (Å²) in [5.41, 5.74) is 2.42. The van der Waals surface area contributed by atoms with E-state index in [4.69, 9.17) is 0 Å². The third kappa shape index (κ3) is 3.35. The Morgan fingerprint density at radius 1 is 1.35 bits per heavy atom. The number of nitrogens with zero attached hydrogens (tertiary/aromatic N) is 1. The molecule has 0 aliphatic heterocycles. The molecule has 1 aromatic heterocycles. The quantitative estimate of drug-likeness (QED) is 0.798. The molecule has 0 bridgehead atoms. The second-order valence-corrected chi connectivity index (χ2v) is 4.83. The first-order valence-corrected chi connectivity index (χ1v) is 6.86. The number of rotatable bonds is 5. The predicted octanol–water partition coefficient (Wildman–Crippen LogP) is 2.98. The third-order valence-corrected chi connectivity index (χ3v) is 3.51. The van der Waals surface area contributed by atoms with E-state index >= 15 is 0 Å². The Hall–Kier alpha value is -1.26. The lowest BCUT2D eigenvalue weighted by atomic mass is 10.1. The number of hydrogen-bond acceptors (Lipinski definition) is 3. The molecule has 2 N–H and O–H groups in total. The molecule has 90 valence electrons. The van der Waals surface area contributed by atoms with Crippen molar-refractivity contribution < 1.29 is 0 Å². The van der Waals surface area contributed by atoms with E-state index in [9.17, 15) is 0 Å². The second kappa shape index (κ2) is 5.89. The average molecular weight is 247 g/mol. The third-order valence-electron chi connectivity index (χ3n) is 2.77. The minimum Gasteiger partial charge on any atom is -0.347 e. The van der Waals surface area contributed by atoms with Crippen LogP contribution in [0.1, 0.15) is 24.2 Å². The van der Waals surface area contributed by atoms with Gasteiger partial charge in [0.25, 0.3) is 0 Å². The number of aromatic nitrogens is 2. The standard InChI is InChI=1S/C13H17N3S/c1-10(15-8-12-7-14-9-16-12)11-3-5-13(17-2)6-4-11/h3-7,9-10,15H,8H2,1-2H3,(H,14,16). The van der Waals surface area contributed by atoms with Crippen LogP contribution in [0.15, 0.2) is 41.7 Å². The summed E-state index contributed by atoms with van der Waals surface area (Å²) in [6, 6.07) is 9.02. The minimum absolute atomic E-state index is 0.342. The van der Waals surface area contributed by atoms with Crippen molar-refractivity contribution in [3.05, 3.63) is 48.0 Å². The predicted molar refractivity (Wildman–Crippen MR) is 72.1 cm³/mol. The van der Waals surface area contributed by atoms with Crippen molar-refractivity contribution in [2.45, 2.75) is 24.4 Å². The topological polar surface area (TPSA) is 40.7 Å². The van der Waals surface area contributed by atoms with E-state index < -0.39 is 0 Å². The lowest BCUT2D eigenvalue weighted by molar-refractivity contribution is 0.568. The second-order valence-electron chi connectivity index (χ2n) is 3.95. The van der Waals surface area contributed by atoms with Gasteiger partial charge in [-0.1, -0.05) is 12.1 Å². The summed E-state index contributed by atoms with van der Waals surface area (Å²) in [6.07, 6.45) is 5.64. The van der Waals surface area contributed by atoms with E-state index in [1.54, 1.807) is 18.1 Å². The highest BCUT2D eigenvalue weighted by Gasteiger charge is 2.04. The van der Waals surface area contributed by atoms with Crippen LogP contribution in [-0.2, 0) is 6.54 Å². The zero-order chi connectivity index (χ0) is 12.1. The zero-order valence-electron chi connectivity index (χ0n) is 10.1. The van der Waals surface area contributed by atoms with Crippen LogP contribution in [0, 0.1) is 0 Å². The number of thioether (sulfide) groups is 1. The Morgan fingerprint density at radius 3 is 2.71 bits per heavy atom. The van der Waals surface area contributed by atoms with Gasteiger partial charge in [0.2, 0.25) is 0 Å². The van der Waals surface area contributed by atoms with Crippen LogP contribution in [0.4, 0.5) is 0 Å². The smallest absolute Gasteiger partial charge is 0.0922 e. The monoisotopic (exact) mass is 247 g/mol. The van der Waals surface area contributed by atoms with E-state index in [-0.39, 0.29) is 0 Å². The molecule has 0 aliphatic carbocycles. The maximum Gasteiger partial charge on any atom is 0.0922 e. The van der Waals surface area contributed by atoms with Gasteiger partial charge in [-0.3, -0.25) is 0 Å². The molecule has 0 amide bonds. The van der Waals surface area contributed by atoms with E-state index in [1.807, 2.05) is 6.20 Å². The molecule has 1 heterocycles. The molecule has 2 aromatic rings. The van der Waals surface area contributed by atoms with Gasteiger partial charge in [-0.05, 0) is 30.9 Å². The molecule has 0 fully saturated rings.